The molecule has 3 rings (SSSR count). The Kier molecular flexibility index (Phi) is 8.38. The summed E-state index contributed by atoms with van der Waals surface area (Å²) >= 11 is 10.2. The fraction of sp³-hybridized carbons (Fsp3) is 0.500. The summed E-state index contributed by atoms with van der Waals surface area (Å²) in [4.78, 5) is 19.0. The van der Waals surface area contributed by atoms with Gasteiger partial charge in [-0.1, -0.05) is 24.4 Å². The molecule has 160 valence electrons. The largest absolute Gasteiger partial charge is 0.442 e. The summed E-state index contributed by atoms with van der Waals surface area (Å²) in [5, 5.41) is 2.99. The van der Waals surface area contributed by atoms with Crippen LogP contribution in [-0.2, 0) is 4.74 Å². The minimum atomic E-state index is -0.482. The molecule has 1 aromatic rings. The minimum absolute atomic E-state index is 0. The third kappa shape index (κ3) is 5.65. The first kappa shape index (κ1) is 23.5. The van der Waals surface area contributed by atoms with Crippen LogP contribution in [0.5, 0.6) is 0 Å². The molecule has 1 atom stereocenters. The number of carbonyl (C=O) groups is 1. The van der Waals surface area contributed by atoms with Crippen molar-refractivity contribution in [2.45, 2.75) is 13.0 Å². The molecular weight excluding hydrogens is 437 g/mol. The van der Waals surface area contributed by atoms with Gasteiger partial charge in [0.05, 0.1) is 34.4 Å². The van der Waals surface area contributed by atoms with Gasteiger partial charge >= 0.3 is 6.09 Å². The molecule has 0 radical (unpaired) electrons. The van der Waals surface area contributed by atoms with Crippen LogP contribution in [0.15, 0.2) is 18.2 Å². The first-order chi connectivity index (χ1) is 13.4. The fourth-order valence-electron chi connectivity index (χ4n) is 3.34. The summed E-state index contributed by atoms with van der Waals surface area (Å²) in [6.07, 6.45) is -0.808. The third-order valence-electron chi connectivity index (χ3n) is 4.84. The molecule has 0 bridgehead atoms. The second kappa shape index (κ2) is 10.3. The Hall–Kier alpha value is -1.75. The molecule has 0 aromatic heterocycles. The van der Waals surface area contributed by atoms with Gasteiger partial charge in [0.1, 0.15) is 11.9 Å². The molecule has 2 saturated heterocycles. The Bertz CT molecular complexity index is 777. The number of benzene rings is 1. The quantitative estimate of drug-likeness (QED) is 0.644. The van der Waals surface area contributed by atoms with Gasteiger partial charge in [0.25, 0.3) is 0 Å². The molecule has 2 aliphatic heterocycles. The summed E-state index contributed by atoms with van der Waals surface area (Å²) in [6.45, 7) is 5.65. The SMILES string of the molecule is CC(=S)NCC1CN(c2ccc(N3CCN(C(=S)CN)CC3)c(F)c2)C(=O)O1.Cl. The van der Waals surface area contributed by atoms with Gasteiger partial charge in [-0.25, -0.2) is 9.18 Å². The van der Waals surface area contributed by atoms with E-state index < -0.39 is 6.09 Å². The van der Waals surface area contributed by atoms with Crippen molar-refractivity contribution in [2.75, 3.05) is 55.6 Å². The van der Waals surface area contributed by atoms with Crippen LogP contribution in [0.1, 0.15) is 6.92 Å². The zero-order valence-corrected chi connectivity index (χ0v) is 18.5. The maximum absolute atomic E-state index is 14.8. The summed E-state index contributed by atoms with van der Waals surface area (Å²) in [7, 11) is 0. The summed E-state index contributed by atoms with van der Waals surface area (Å²) in [5.74, 6) is -0.364. The van der Waals surface area contributed by atoms with Crippen LogP contribution in [0.2, 0.25) is 0 Å². The Labute approximate surface area is 186 Å². The highest BCUT2D eigenvalue weighted by Crippen LogP contribution is 2.28. The number of nitrogens with zero attached hydrogens (tertiary/aromatic N) is 3. The summed E-state index contributed by atoms with van der Waals surface area (Å²) < 4.78 is 20.1. The number of piperazine rings is 1. The smallest absolute Gasteiger partial charge is 0.414 e. The first-order valence-electron chi connectivity index (χ1n) is 9.14. The van der Waals surface area contributed by atoms with Crippen molar-refractivity contribution in [3.05, 3.63) is 24.0 Å². The normalized spacial score (nSPS) is 18.9. The van der Waals surface area contributed by atoms with Gasteiger partial charge in [-0.15, -0.1) is 12.4 Å². The topological polar surface area (TPSA) is 74.1 Å². The molecule has 2 heterocycles. The van der Waals surface area contributed by atoms with Crippen LogP contribution in [0.4, 0.5) is 20.6 Å². The van der Waals surface area contributed by atoms with Crippen molar-refractivity contribution in [1.82, 2.24) is 10.2 Å². The van der Waals surface area contributed by atoms with Crippen LogP contribution < -0.4 is 20.9 Å². The van der Waals surface area contributed by atoms with Crippen molar-refractivity contribution < 1.29 is 13.9 Å². The van der Waals surface area contributed by atoms with Gasteiger partial charge in [0.2, 0.25) is 0 Å². The van der Waals surface area contributed by atoms with E-state index in [-0.39, 0.29) is 24.3 Å². The lowest BCUT2D eigenvalue weighted by atomic mass is 10.2. The number of anilines is 2. The van der Waals surface area contributed by atoms with Crippen LogP contribution in [0.25, 0.3) is 0 Å². The van der Waals surface area contributed by atoms with E-state index >= 15 is 0 Å². The Morgan fingerprint density at radius 2 is 2.00 bits per heavy atom. The highest BCUT2D eigenvalue weighted by atomic mass is 35.5. The number of thiocarbonyl (C=S) groups is 2. The molecule has 1 amide bonds. The molecule has 1 unspecified atom stereocenters. The molecule has 0 aliphatic carbocycles. The predicted octanol–water partition coefficient (Wildman–Crippen LogP) is 1.92. The van der Waals surface area contributed by atoms with Crippen LogP contribution >= 0.6 is 36.8 Å². The Morgan fingerprint density at radius 1 is 1.31 bits per heavy atom. The molecule has 11 heteroatoms. The Morgan fingerprint density at radius 3 is 2.59 bits per heavy atom. The van der Waals surface area contributed by atoms with Gasteiger partial charge in [0.15, 0.2) is 0 Å². The molecule has 0 spiro atoms. The van der Waals surface area contributed by atoms with Crippen molar-refractivity contribution >= 4 is 64.3 Å². The van der Waals surface area contributed by atoms with E-state index in [1.807, 2.05) is 4.90 Å². The predicted molar refractivity (Wildman–Crippen MR) is 123 cm³/mol. The number of carbonyl (C=O) groups excluding carboxylic acids is 1. The van der Waals surface area contributed by atoms with Crippen molar-refractivity contribution in [1.29, 1.82) is 0 Å². The van der Waals surface area contributed by atoms with E-state index in [4.69, 9.17) is 34.9 Å². The number of hydrogen-bond donors (Lipinski definition) is 2. The maximum atomic E-state index is 14.8. The van der Waals surface area contributed by atoms with E-state index in [1.165, 1.54) is 11.0 Å². The first-order valence-corrected chi connectivity index (χ1v) is 9.95. The van der Waals surface area contributed by atoms with E-state index in [1.54, 1.807) is 19.1 Å². The molecule has 7 nitrogen and oxygen atoms in total. The van der Waals surface area contributed by atoms with Gasteiger partial charge in [-0.05, 0) is 25.1 Å². The van der Waals surface area contributed by atoms with E-state index in [0.29, 0.717) is 62.2 Å². The summed E-state index contributed by atoms with van der Waals surface area (Å²) in [6, 6.07) is 4.84. The van der Waals surface area contributed by atoms with Crippen LogP contribution in [0, 0.1) is 5.82 Å². The average Bonchev–Trinajstić information content (AvgIpc) is 3.06. The number of halogens is 2. The number of nitrogens with two attached hydrogens (primary N) is 1. The van der Waals surface area contributed by atoms with Crippen molar-refractivity contribution in [3.63, 3.8) is 0 Å². The van der Waals surface area contributed by atoms with E-state index in [9.17, 15) is 9.18 Å². The zero-order valence-electron chi connectivity index (χ0n) is 16.1. The highest BCUT2D eigenvalue weighted by molar-refractivity contribution is 7.80. The molecule has 0 saturated carbocycles. The fourth-order valence-corrected chi connectivity index (χ4v) is 3.61. The maximum Gasteiger partial charge on any atom is 0.414 e. The average molecular weight is 462 g/mol. The lowest BCUT2D eigenvalue weighted by molar-refractivity contribution is 0.143. The standard InChI is InChI=1S/C18H24FN5O2S2.ClH/c1-12(27)21-10-14-11-24(18(25)26-14)13-2-3-16(15(19)8-13)22-4-6-23(7-5-22)17(28)9-20;/h2-3,8,14H,4-7,9-11,20H2,1H3,(H,21,27);1H. The zero-order chi connectivity index (χ0) is 20.3. The van der Waals surface area contributed by atoms with Gasteiger partial charge in [-0.3, -0.25) is 4.90 Å². The van der Waals surface area contributed by atoms with Crippen LogP contribution in [-0.4, -0.2) is 72.9 Å². The molecule has 1 aromatic carbocycles. The molecular formula is C18H25ClFN5O2S2. The second-order valence-corrected chi connectivity index (χ2v) is 7.84. The van der Waals surface area contributed by atoms with Crippen molar-refractivity contribution in [3.8, 4) is 0 Å². The minimum Gasteiger partial charge on any atom is -0.442 e. The molecule has 2 fully saturated rings. The number of rotatable bonds is 5. The molecule has 29 heavy (non-hydrogen) atoms. The van der Waals surface area contributed by atoms with Gasteiger partial charge < -0.3 is 25.6 Å². The van der Waals surface area contributed by atoms with Crippen molar-refractivity contribution in [2.24, 2.45) is 5.73 Å². The lowest BCUT2D eigenvalue weighted by Crippen LogP contribution is -2.50. The summed E-state index contributed by atoms with van der Waals surface area (Å²) in [5.41, 5.74) is 6.59. The highest BCUT2D eigenvalue weighted by Gasteiger charge is 2.33. The number of amides is 1. The number of nitrogens with one attached hydrogen (secondary N) is 1. The number of ether oxygens (including phenoxy) is 1. The monoisotopic (exact) mass is 461 g/mol. The number of cyclic esters (lactones) is 1. The number of hydrogen-bond acceptors (Lipinski definition) is 6. The van der Waals surface area contributed by atoms with E-state index in [2.05, 4.69) is 10.2 Å². The van der Waals surface area contributed by atoms with Gasteiger partial charge in [-0.2, -0.15) is 0 Å². The van der Waals surface area contributed by atoms with Gasteiger partial charge in [0, 0.05) is 32.7 Å². The Balaban J connectivity index is 0.00000300. The lowest BCUT2D eigenvalue weighted by Gasteiger charge is -2.37. The second-order valence-electron chi connectivity index (χ2n) is 6.76. The third-order valence-corrected chi connectivity index (χ3v) is 5.41. The molecule has 2 aliphatic rings. The van der Waals surface area contributed by atoms with Crippen LogP contribution in [0.3, 0.4) is 0 Å². The molecule has 3 N–H and O–H groups in total. The van der Waals surface area contributed by atoms with E-state index in [0.717, 1.165) is 4.99 Å².